The van der Waals surface area contributed by atoms with E-state index in [0.717, 1.165) is 12.3 Å². The van der Waals surface area contributed by atoms with E-state index in [1.807, 2.05) is 0 Å². The van der Waals surface area contributed by atoms with Gasteiger partial charge in [0.15, 0.2) is 0 Å². The Morgan fingerprint density at radius 1 is 1.41 bits per heavy atom. The van der Waals surface area contributed by atoms with Crippen LogP contribution in [0.4, 0.5) is 4.39 Å². The molecule has 0 aliphatic rings. The second kappa shape index (κ2) is 5.38. The summed E-state index contributed by atoms with van der Waals surface area (Å²) in [4.78, 5) is 25.8. The molecule has 1 amide bonds. The molecule has 1 aromatic heterocycles. The first-order chi connectivity index (χ1) is 7.91. The lowest BCUT2D eigenvalue weighted by Gasteiger charge is -2.17. The van der Waals surface area contributed by atoms with Gasteiger partial charge in [0.1, 0.15) is 6.04 Å². The van der Waals surface area contributed by atoms with Crippen LogP contribution in [0.15, 0.2) is 18.3 Å². The molecule has 92 valence electrons. The summed E-state index contributed by atoms with van der Waals surface area (Å²) in [7, 11) is 0. The molecule has 0 saturated heterocycles. The minimum Gasteiger partial charge on any atom is -0.480 e. The molecule has 0 aliphatic heterocycles. The number of carbonyl (C=O) groups excluding carboxylic acids is 1. The van der Waals surface area contributed by atoms with Crippen LogP contribution in [0.2, 0.25) is 0 Å². The lowest BCUT2D eigenvalue weighted by molar-refractivity contribution is -0.140. The fourth-order valence-corrected chi connectivity index (χ4v) is 1.25. The molecule has 0 aromatic carbocycles. The van der Waals surface area contributed by atoms with Crippen molar-refractivity contribution >= 4 is 11.9 Å². The van der Waals surface area contributed by atoms with Crippen LogP contribution in [0, 0.1) is 11.9 Å². The molecule has 0 radical (unpaired) electrons. The van der Waals surface area contributed by atoms with Gasteiger partial charge >= 0.3 is 5.97 Å². The molecule has 0 fully saturated rings. The van der Waals surface area contributed by atoms with Gasteiger partial charge in [-0.15, -0.1) is 0 Å². The normalized spacial score (nSPS) is 12.2. The fourth-order valence-electron chi connectivity index (χ4n) is 1.25. The molecule has 5 nitrogen and oxygen atoms in total. The maximum absolute atomic E-state index is 12.5. The standard InChI is InChI=1S/C11H13FN2O3/c1-6(2)9(11(16)17)14-10(15)7-3-4-8(12)13-5-7/h3-6,9H,1-2H3,(H,14,15)(H,16,17). The van der Waals surface area contributed by atoms with Crippen molar-refractivity contribution in [2.75, 3.05) is 0 Å². The number of carboxylic acids is 1. The smallest absolute Gasteiger partial charge is 0.326 e. The Morgan fingerprint density at radius 2 is 2.06 bits per heavy atom. The third-order valence-electron chi connectivity index (χ3n) is 2.21. The first-order valence-corrected chi connectivity index (χ1v) is 5.07. The van der Waals surface area contributed by atoms with Crippen LogP contribution in [0.1, 0.15) is 24.2 Å². The van der Waals surface area contributed by atoms with E-state index in [0.29, 0.717) is 0 Å². The van der Waals surface area contributed by atoms with E-state index < -0.39 is 23.9 Å². The Hall–Kier alpha value is -1.98. The number of rotatable bonds is 4. The number of halogens is 1. The Bertz CT molecular complexity index is 417. The first kappa shape index (κ1) is 13.1. The highest BCUT2D eigenvalue weighted by Gasteiger charge is 2.23. The van der Waals surface area contributed by atoms with E-state index >= 15 is 0 Å². The number of pyridine rings is 1. The topological polar surface area (TPSA) is 79.3 Å². The van der Waals surface area contributed by atoms with E-state index in [1.165, 1.54) is 6.07 Å². The molecule has 0 spiro atoms. The molecule has 1 atom stereocenters. The monoisotopic (exact) mass is 240 g/mol. The van der Waals surface area contributed by atoms with E-state index in [9.17, 15) is 14.0 Å². The van der Waals surface area contributed by atoms with E-state index in [-0.39, 0.29) is 11.5 Å². The highest BCUT2D eigenvalue weighted by molar-refractivity contribution is 5.96. The van der Waals surface area contributed by atoms with Crippen LogP contribution < -0.4 is 5.32 Å². The largest absolute Gasteiger partial charge is 0.480 e. The number of carbonyl (C=O) groups is 2. The number of hydrogen-bond donors (Lipinski definition) is 2. The number of carboxylic acid groups (broad SMARTS) is 1. The third kappa shape index (κ3) is 3.51. The van der Waals surface area contributed by atoms with Crippen molar-refractivity contribution in [3.05, 3.63) is 29.8 Å². The number of aliphatic carboxylic acids is 1. The van der Waals surface area contributed by atoms with Crippen LogP contribution in [0.5, 0.6) is 0 Å². The summed E-state index contributed by atoms with van der Waals surface area (Å²) in [5.41, 5.74) is 0.123. The number of amides is 1. The summed E-state index contributed by atoms with van der Waals surface area (Å²) in [5, 5.41) is 11.2. The summed E-state index contributed by atoms with van der Waals surface area (Å²) >= 11 is 0. The van der Waals surface area contributed by atoms with Crippen molar-refractivity contribution < 1.29 is 19.1 Å². The third-order valence-corrected chi connectivity index (χ3v) is 2.21. The molecule has 1 unspecified atom stereocenters. The predicted octanol–water partition coefficient (Wildman–Crippen LogP) is 1.06. The molecule has 0 saturated carbocycles. The summed E-state index contributed by atoms with van der Waals surface area (Å²) in [5.74, 6) is -2.63. The van der Waals surface area contributed by atoms with Gasteiger partial charge in [0, 0.05) is 6.20 Å². The zero-order chi connectivity index (χ0) is 13.0. The molecule has 0 bridgehead atoms. The van der Waals surface area contributed by atoms with Crippen molar-refractivity contribution in [2.45, 2.75) is 19.9 Å². The maximum Gasteiger partial charge on any atom is 0.326 e. The zero-order valence-corrected chi connectivity index (χ0v) is 9.48. The minimum atomic E-state index is -1.11. The van der Waals surface area contributed by atoms with Gasteiger partial charge in [0.05, 0.1) is 5.56 Å². The first-order valence-electron chi connectivity index (χ1n) is 5.07. The van der Waals surface area contributed by atoms with Crippen molar-refractivity contribution in [3.63, 3.8) is 0 Å². The van der Waals surface area contributed by atoms with Gasteiger partial charge in [-0.05, 0) is 18.1 Å². The van der Waals surface area contributed by atoms with Gasteiger partial charge in [-0.25, -0.2) is 9.78 Å². The Labute approximate surface area is 97.7 Å². The molecule has 1 rings (SSSR count). The van der Waals surface area contributed by atoms with Crippen LogP contribution in [0.25, 0.3) is 0 Å². The predicted molar refractivity (Wildman–Crippen MR) is 57.9 cm³/mol. The second-order valence-corrected chi connectivity index (χ2v) is 3.90. The van der Waals surface area contributed by atoms with Gasteiger partial charge in [-0.3, -0.25) is 4.79 Å². The average Bonchev–Trinajstić information content (AvgIpc) is 2.25. The molecular weight excluding hydrogens is 227 g/mol. The summed E-state index contributed by atoms with van der Waals surface area (Å²) in [6.45, 7) is 3.37. The highest BCUT2D eigenvalue weighted by atomic mass is 19.1. The average molecular weight is 240 g/mol. The summed E-state index contributed by atoms with van der Waals surface area (Å²) in [6, 6.07) is 1.31. The molecule has 0 aliphatic carbocycles. The number of nitrogens with zero attached hydrogens (tertiary/aromatic N) is 1. The van der Waals surface area contributed by atoms with Crippen molar-refractivity contribution in [3.8, 4) is 0 Å². The van der Waals surface area contributed by atoms with Gasteiger partial charge in [0.2, 0.25) is 5.95 Å². The SMILES string of the molecule is CC(C)C(NC(=O)c1ccc(F)nc1)C(=O)O. The van der Waals surface area contributed by atoms with Crippen LogP contribution in [-0.2, 0) is 4.79 Å². The van der Waals surface area contributed by atoms with Gasteiger partial charge in [-0.1, -0.05) is 13.8 Å². The van der Waals surface area contributed by atoms with Crippen LogP contribution in [-0.4, -0.2) is 28.0 Å². The van der Waals surface area contributed by atoms with Crippen molar-refractivity contribution in [2.24, 2.45) is 5.92 Å². The number of hydrogen-bond acceptors (Lipinski definition) is 3. The second-order valence-electron chi connectivity index (χ2n) is 3.90. The van der Waals surface area contributed by atoms with Crippen molar-refractivity contribution in [1.29, 1.82) is 0 Å². The number of aromatic nitrogens is 1. The van der Waals surface area contributed by atoms with Crippen LogP contribution in [0.3, 0.4) is 0 Å². The molecule has 6 heteroatoms. The summed E-state index contributed by atoms with van der Waals surface area (Å²) in [6.07, 6.45) is 1.06. The van der Waals surface area contributed by atoms with E-state index in [1.54, 1.807) is 13.8 Å². The lowest BCUT2D eigenvalue weighted by atomic mass is 10.0. The molecular formula is C11H13FN2O3. The molecule has 2 N–H and O–H groups in total. The Morgan fingerprint density at radius 3 is 2.47 bits per heavy atom. The van der Waals surface area contributed by atoms with Crippen LogP contribution >= 0.6 is 0 Å². The van der Waals surface area contributed by atoms with Gasteiger partial charge < -0.3 is 10.4 Å². The van der Waals surface area contributed by atoms with Gasteiger partial charge in [-0.2, -0.15) is 4.39 Å². The molecule has 1 heterocycles. The summed E-state index contributed by atoms with van der Waals surface area (Å²) < 4.78 is 12.5. The Kier molecular flexibility index (Phi) is 4.14. The maximum atomic E-state index is 12.5. The van der Waals surface area contributed by atoms with Gasteiger partial charge in [0.25, 0.3) is 5.91 Å². The fraction of sp³-hybridized carbons (Fsp3) is 0.364. The highest BCUT2D eigenvalue weighted by Crippen LogP contribution is 2.05. The minimum absolute atomic E-state index is 0.123. The van der Waals surface area contributed by atoms with E-state index in [2.05, 4.69) is 10.3 Å². The van der Waals surface area contributed by atoms with E-state index in [4.69, 9.17) is 5.11 Å². The molecule has 1 aromatic rings. The zero-order valence-electron chi connectivity index (χ0n) is 9.48. The quantitative estimate of drug-likeness (QED) is 0.771. The van der Waals surface area contributed by atoms with Crippen molar-refractivity contribution in [1.82, 2.24) is 10.3 Å². The lowest BCUT2D eigenvalue weighted by Crippen LogP contribution is -2.44. The Balaban J connectivity index is 2.77. The number of nitrogens with one attached hydrogen (secondary N) is 1. The molecule has 17 heavy (non-hydrogen) atoms.